The minimum absolute atomic E-state index is 0.239. The van der Waals surface area contributed by atoms with E-state index in [0.29, 0.717) is 0 Å². The number of aromatic nitrogens is 1. The summed E-state index contributed by atoms with van der Waals surface area (Å²) in [6.45, 7) is 0. The lowest BCUT2D eigenvalue weighted by Gasteiger charge is -2.08. The van der Waals surface area contributed by atoms with Crippen molar-refractivity contribution in [3.8, 4) is 5.69 Å². The Morgan fingerprint density at radius 1 is 1.25 bits per heavy atom. The van der Waals surface area contributed by atoms with Crippen molar-refractivity contribution < 1.29 is 9.90 Å². The molecule has 1 aromatic carbocycles. The predicted octanol–water partition coefficient (Wildman–Crippen LogP) is 3.70. The van der Waals surface area contributed by atoms with Crippen LogP contribution in [0.2, 0.25) is 0 Å². The molecule has 0 fully saturated rings. The Morgan fingerprint density at radius 3 is 2.62 bits per heavy atom. The summed E-state index contributed by atoms with van der Waals surface area (Å²) in [4.78, 5) is 11.0. The molecular formula is C11H7Br2NO2. The maximum Gasteiger partial charge on any atom is 0.352 e. The number of aromatic carboxylic acids is 1. The SMILES string of the molecule is O=C(O)c1cccn1-c1ccc(Br)cc1Br. The summed E-state index contributed by atoms with van der Waals surface area (Å²) >= 11 is 6.76. The number of hydrogen-bond donors (Lipinski definition) is 1. The van der Waals surface area contributed by atoms with Gasteiger partial charge in [0, 0.05) is 15.1 Å². The van der Waals surface area contributed by atoms with Crippen molar-refractivity contribution in [2.24, 2.45) is 0 Å². The third-order valence-corrected chi connectivity index (χ3v) is 3.27. The normalized spacial score (nSPS) is 10.4. The van der Waals surface area contributed by atoms with Crippen LogP contribution in [-0.2, 0) is 0 Å². The van der Waals surface area contributed by atoms with E-state index in [2.05, 4.69) is 31.9 Å². The fourth-order valence-corrected chi connectivity index (χ4v) is 2.68. The van der Waals surface area contributed by atoms with Gasteiger partial charge in [-0.05, 0) is 46.3 Å². The number of benzene rings is 1. The number of carboxylic acid groups (broad SMARTS) is 1. The standard InChI is InChI=1S/C11H7Br2NO2/c12-7-3-4-9(8(13)6-7)14-5-1-2-10(14)11(15)16/h1-6H,(H,15,16). The van der Waals surface area contributed by atoms with Crippen LogP contribution in [-0.4, -0.2) is 15.6 Å². The molecule has 2 aromatic rings. The van der Waals surface area contributed by atoms with Crippen LogP contribution >= 0.6 is 31.9 Å². The van der Waals surface area contributed by atoms with Crippen molar-refractivity contribution >= 4 is 37.8 Å². The molecule has 2 rings (SSSR count). The van der Waals surface area contributed by atoms with Crippen LogP contribution in [0, 0.1) is 0 Å². The molecule has 1 aromatic heterocycles. The van der Waals surface area contributed by atoms with Crippen LogP contribution < -0.4 is 0 Å². The van der Waals surface area contributed by atoms with Gasteiger partial charge in [0.1, 0.15) is 5.69 Å². The van der Waals surface area contributed by atoms with Crippen molar-refractivity contribution in [3.63, 3.8) is 0 Å². The van der Waals surface area contributed by atoms with Crippen LogP contribution in [0.3, 0.4) is 0 Å². The number of rotatable bonds is 2. The summed E-state index contributed by atoms with van der Waals surface area (Å²) < 4.78 is 3.39. The van der Waals surface area contributed by atoms with E-state index < -0.39 is 5.97 Å². The van der Waals surface area contributed by atoms with E-state index in [0.717, 1.165) is 14.6 Å². The van der Waals surface area contributed by atoms with Gasteiger partial charge in [-0.25, -0.2) is 4.79 Å². The molecule has 0 atom stereocenters. The fraction of sp³-hybridized carbons (Fsp3) is 0. The molecule has 0 amide bonds. The predicted molar refractivity (Wildman–Crippen MR) is 68.1 cm³/mol. The summed E-state index contributed by atoms with van der Waals surface area (Å²) in [5, 5.41) is 9.02. The molecule has 3 nitrogen and oxygen atoms in total. The second kappa shape index (κ2) is 4.43. The van der Waals surface area contributed by atoms with Crippen molar-refractivity contribution in [1.82, 2.24) is 4.57 Å². The zero-order valence-electron chi connectivity index (χ0n) is 8.02. The van der Waals surface area contributed by atoms with Crippen LogP contribution in [0.15, 0.2) is 45.5 Å². The van der Waals surface area contributed by atoms with Crippen LogP contribution in [0.5, 0.6) is 0 Å². The van der Waals surface area contributed by atoms with E-state index in [4.69, 9.17) is 5.11 Å². The molecule has 0 radical (unpaired) electrons. The number of carbonyl (C=O) groups is 1. The highest BCUT2D eigenvalue weighted by molar-refractivity contribution is 9.11. The average Bonchev–Trinajstić information content (AvgIpc) is 2.66. The molecular weight excluding hydrogens is 338 g/mol. The highest BCUT2D eigenvalue weighted by Crippen LogP contribution is 2.26. The number of halogens is 2. The lowest BCUT2D eigenvalue weighted by atomic mass is 10.3. The van der Waals surface area contributed by atoms with Gasteiger partial charge in [0.05, 0.1) is 5.69 Å². The van der Waals surface area contributed by atoms with Crippen LogP contribution in [0.1, 0.15) is 10.5 Å². The average molecular weight is 345 g/mol. The quantitative estimate of drug-likeness (QED) is 0.902. The molecule has 1 heterocycles. The smallest absolute Gasteiger partial charge is 0.352 e. The largest absolute Gasteiger partial charge is 0.477 e. The summed E-state index contributed by atoms with van der Waals surface area (Å²) in [7, 11) is 0. The van der Waals surface area contributed by atoms with Crippen LogP contribution in [0.4, 0.5) is 0 Å². The molecule has 0 spiro atoms. The molecule has 0 unspecified atom stereocenters. The second-order valence-corrected chi connectivity index (χ2v) is 4.93. The summed E-state index contributed by atoms with van der Waals surface area (Å²) in [6.07, 6.45) is 1.72. The number of carboxylic acids is 1. The first-order valence-corrected chi connectivity index (χ1v) is 6.04. The summed E-state index contributed by atoms with van der Waals surface area (Å²) in [5.74, 6) is -0.945. The molecule has 0 bridgehead atoms. The van der Waals surface area contributed by atoms with Gasteiger partial charge in [0.25, 0.3) is 0 Å². The Bertz CT molecular complexity index is 549. The molecule has 0 aliphatic rings. The third kappa shape index (κ3) is 2.05. The highest BCUT2D eigenvalue weighted by Gasteiger charge is 2.12. The molecule has 0 aliphatic heterocycles. The van der Waals surface area contributed by atoms with Crippen molar-refractivity contribution in [2.75, 3.05) is 0 Å². The Hall–Kier alpha value is -1.07. The Kier molecular flexibility index (Phi) is 3.16. The third-order valence-electron chi connectivity index (χ3n) is 2.14. The zero-order chi connectivity index (χ0) is 11.7. The van der Waals surface area contributed by atoms with Gasteiger partial charge in [-0.3, -0.25) is 0 Å². The first-order chi connectivity index (χ1) is 7.59. The van der Waals surface area contributed by atoms with E-state index in [1.54, 1.807) is 22.9 Å². The van der Waals surface area contributed by atoms with Crippen molar-refractivity contribution in [2.45, 2.75) is 0 Å². The summed E-state index contributed by atoms with van der Waals surface area (Å²) in [6, 6.07) is 8.86. The minimum Gasteiger partial charge on any atom is -0.477 e. The van der Waals surface area contributed by atoms with Gasteiger partial charge in [-0.2, -0.15) is 0 Å². The van der Waals surface area contributed by atoms with Crippen molar-refractivity contribution in [1.29, 1.82) is 0 Å². The second-order valence-electron chi connectivity index (χ2n) is 3.16. The molecule has 5 heteroatoms. The Labute approximate surface area is 109 Å². The van der Waals surface area contributed by atoms with Gasteiger partial charge in [0.2, 0.25) is 0 Å². The van der Waals surface area contributed by atoms with E-state index in [1.165, 1.54) is 0 Å². The fourth-order valence-electron chi connectivity index (χ4n) is 1.44. The number of nitrogens with zero attached hydrogens (tertiary/aromatic N) is 1. The molecule has 0 saturated carbocycles. The van der Waals surface area contributed by atoms with Crippen molar-refractivity contribution in [3.05, 3.63) is 51.2 Å². The minimum atomic E-state index is -0.945. The topological polar surface area (TPSA) is 42.2 Å². The van der Waals surface area contributed by atoms with E-state index in [1.807, 2.05) is 18.2 Å². The Morgan fingerprint density at radius 2 is 2.00 bits per heavy atom. The van der Waals surface area contributed by atoms with Crippen LogP contribution in [0.25, 0.3) is 5.69 Å². The Balaban J connectivity index is 2.59. The number of hydrogen-bond acceptors (Lipinski definition) is 1. The van der Waals surface area contributed by atoms with Gasteiger partial charge >= 0.3 is 5.97 Å². The highest BCUT2D eigenvalue weighted by atomic mass is 79.9. The lowest BCUT2D eigenvalue weighted by Crippen LogP contribution is -2.06. The molecule has 0 saturated heterocycles. The monoisotopic (exact) mass is 343 g/mol. The van der Waals surface area contributed by atoms with Gasteiger partial charge in [-0.15, -0.1) is 0 Å². The summed E-state index contributed by atoms with van der Waals surface area (Å²) in [5.41, 5.74) is 1.04. The van der Waals surface area contributed by atoms with Gasteiger partial charge < -0.3 is 9.67 Å². The first kappa shape index (κ1) is 11.4. The van der Waals surface area contributed by atoms with Gasteiger partial charge in [-0.1, -0.05) is 15.9 Å². The first-order valence-electron chi connectivity index (χ1n) is 4.45. The molecule has 1 N–H and O–H groups in total. The maximum absolute atomic E-state index is 11.0. The van der Waals surface area contributed by atoms with E-state index in [-0.39, 0.29) is 5.69 Å². The maximum atomic E-state index is 11.0. The van der Waals surface area contributed by atoms with E-state index >= 15 is 0 Å². The van der Waals surface area contributed by atoms with Gasteiger partial charge in [0.15, 0.2) is 0 Å². The van der Waals surface area contributed by atoms with E-state index in [9.17, 15) is 4.79 Å². The lowest BCUT2D eigenvalue weighted by molar-refractivity contribution is 0.0688. The molecule has 0 aliphatic carbocycles. The molecule has 16 heavy (non-hydrogen) atoms. The molecule has 82 valence electrons. The zero-order valence-corrected chi connectivity index (χ0v) is 11.2.